The molecule has 1 aliphatic rings. The van der Waals surface area contributed by atoms with E-state index in [1.807, 2.05) is 0 Å². The third kappa shape index (κ3) is 4.45. The molecule has 19 heavy (non-hydrogen) atoms. The van der Waals surface area contributed by atoms with Crippen molar-refractivity contribution < 1.29 is 4.79 Å². The lowest BCUT2D eigenvalue weighted by atomic mass is 10.3. The summed E-state index contributed by atoms with van der Waals surface area (Å²) in [5.41, 5.74) is 0.435. The van der Waals surface area contributed by atoms with E-state index in [0.717, 1.165) is 0 Å². The van der Waals surface area contributed by atoms with Gasteiger partial charge in [0.15, 0.2) is 0 Å². The topological polar surface area (TPSA) is 29.1 Å². The number of carbonyl (C=O) groups excluding carboxylic acids is 1. The van der Waals surface area contributed by atoms with Gasteiger partial charge < -0.3 is 5.32 Å². The molecule has 2 rings (SSSR count). The van der Waals surface area contributed by atoms with Gasteiger partial charge in [0.05, 0.1) is 21.5 Å². The molecule has 1 saturated carbocycles. The second-order valence-electron chi connectivity index (χ2n) is 4.51. The van der Waals surface area contributed by atoms with Gasteiger partial charge in [-0.25, -0.2) is 0 Å². The number of amides is 1. The summed E-state index contributed by atoms with van der Waals surface area (Å²) in [6.45, 7) is 0. The van der Waals surface area contributed by atoms with Crippen LogP contribution in [0.2, 0.25) is 15.1 Å². The van der Waals surface area contributed by atoms with Crippen LogP contribution in [0.1, 0.15) is 25.7 Å². The van der Waals surface area contributed by atoms with E-state index in [2.05, 4.69) is 5.32 Å². The summed E-state index contributed by atoms with van der Waals surface area (Å²) in [5.74, 6) is 0.350. The van der Waals surface area contributed by atoms with Crippen LogP contribution in [0.25, 0.3) is 0 Å². The van der Waals surface area contributed by atoms with Crippen molar-refractivity contribution in [2.45, 2.75) is 30.9 Å². The lowest BCUT2D eigenvalue weighted by Gasteiger charge is -2.11. The second kappa shape index (κ2) is 7.07. The van der Waals surface area contributed by atoms with Gasteiger partial charge in [-0.15, -0.1) is 11.8 Å². The molecule has 1 aromatic carbocycles. The molecule has 0 radical (unpaired) electrons. The summed E-state index contributed by atoms with van der Waals surface area (Å²) in [7, 11) is 0. The van der Waals surface area contributed by atoms with Gasteiger partial charge in [0.2, 0.25) is 5.91 Å². The minimum Gasteiger partial charge on any atom is -0.323 e. The molecule has 0 bridgehead atoms. The third-order valence-electron chi connectivity index (χ3n) is 3.02. The van der Waals surface area contributed by atoms with Crippen LogP contribution in [0.3, 0.4) is 0 Å². The van der Waals surface area contributed by atoms with Crippen LogP contribution in [-0.2, 0) is 4.79 Å². The highest BCUT2D eigenvalue weighted by molar-refractivity contribution is 8.00. The van der Waals surface area contributed by atoms with Gasteiger partial charge >= 0.3 is 0 Å². The molecule has 0 saturated heterocycles. The van der Waals surface area contributed by atoms with E-state index in [-0.39, 0.29) is 5.91 Å². The number of nitrogens with one attached hydrogen (secondary N) is 1. The molecule has 1 fully saturated rings. The van der Waals surface area contributed by atoms with Gasteiger partial charge in [-0.2, -0.15) is 0 Å². The zero-order valence-corrected chi connectivity index (χ0v) is 13.3. The van der Waals surface area contributed by atoms with Crippen LogP contribution in [0.5, 0.6) is 0 Å². The highest BCUT2D eigenvalue weighted by atomic mass is 35.5. The molecule has 0 unspecified atom stereocenters. The van der Waals surface area contributed by atoms with Crippen molar-refractivity contribution in [3.05, 3.63) is 27.2 Å². The Morgan fingerprint density at radius 2 is 1.79 bits per heavy atom. The van der Waals surface area contributed by atoms with E-state index in [1.165, 1.54) is 25.7 Å². The maximum absolute atomic E-state index is 11.9. The Morgan fingerprint density at radius 1 is 1.21 bits per heavy atom. The van der Waals surface area contributed by atoms with Crippen molar-refractivity contribution >= 4 is 58.2 Å². The van der Waals surface area contributed by atoms with Crippen LogP contribution in [0.15, 0.2) is 12.1 Å². The Kier molecular flexibility index (Phi) is 5.70. The van der Waals surface area contributed by atoms with Gasteiger partial charge in [-0.05, 0) is 25.0 Å². The Bertz CT molecular complexity index is 452. The number of rotatable bonds is 4. The Morgan fingerprint density at radius 3 is 2.37 bits per heavy atom. The number of anilines is 1. The fraction of sp³-hybridized carbons (Fsp3) is 0.462. The molecule has 2 nitrogen and oxygen atoms in total. The number of carbonyl (C=O) groups is 1. The number of hydrogen-bond donors (Lipinski definition) is 1. The van der Waals surface area contributed by atoms with E-state index >= 15 is 0 Å². The SMILES string of the molecule is O=C(CSC1CCCC1)Nc1c(Cl)cc(Cl)cc1Cl. The standard InChI is InChI=1S/C13H14Cl3NOS/c14-8-5-10(15)13(11(16)6-8)17-12(18)7-19-9-3-1-2-4-9/h5-6,9H,1-4,7H2,(H,17,18). The minimum atomic E-state index is -0.0805. The molecule has 104 valence electrons. The van der Waals surface area contributed by atoms with Crippen LogP contribution >= 0.6 is 46.6 Å². The Balaban J connectivity index is 1.91. The number of thioether (sulfide) groups is 1. The zero-order valence-electron chi connectivity index (χ0n) is 10.2. The summed E-state index contributed by atoms with van der Waals surface area (Å²) >= 11 is 19.6. The van der Waals surface area contributed by atoms with E-state index in [4.69, 9.17) is 34.8 Å². The first kappa shape index (κ1) is 15.3. The molecule has 6 heteroatoms. The average Bonchev–Trinajstić information content (AvgIpc) is 2.84. The maximum Gasteiger partial charge on any atom is 0.234 e. The average molecular weight is 339 g/mol. The van der Waals surface area contributed by atoms with Crippen LogP contribution in [0, 0.1) is 0 Å². The van der Waals surface area contributed by atoms with Crippen molar-refractivity contribution in [2.75, 3.05) is 11.1 Å². The highest BCUT2D eigenvalue weighted by Crippen LogP contribution is 2.34. The maximum atomic E-state index is 11.9. The van der Waals surface area contributed by atoms with Gasteiger partial charge in [-0.1, -0.05) is 47.6 Å². The summed E-state index contributed by atoms with van der Waals surface area (Å²) in [4.78, 5) is 11.9. The molecule has 0 atom stereocenters. The molecule has 0 spiro atoms. The largest absolute Gasteiger partial charge is 0.323 e. The van der Waals surface area contributed by atoms with E-state index < -0.39 is 0 Å². The summed E-state index contributed by atoms with van der Waals surface area (Å²) in [6.07, 6.45) is 4.96. The van der Waals surface area contributed by atoms with Crippen molar-refractivity contribution in [1.29, 1.82) is 0 Å². The van der Waals surface area contributed by atoms with Crippen LogP contribution in [0.4, 0.5) is 5.69 Å². The van der Waals surface area contributed by atoms with Crippen molar-refractivity contribution in [1.82, 2.24) is 0 Å². The zero-order chi connectivity index (χ0) is 13.8. The summed E-state index contributed by atoms with van der Waals surface area (Å²) < 4.78 is 0. The predicted octanol–water partition coefficient (Wildman–Crippen LogP) is 5.26. The van der Waals surface area contributed by atoms with Crippen LogP contribution < -0.4 is 5.32 Å². The quantitative estimate of drug-likeness (QED) is 0.811. The summed E-state index contributed by atoms with van der Waals surface area (Å²) in [6, 6.07) is 3.13. The van der Waals surface area contributed by atoms with Gasteiger partial charge in [0, 0.05) is 10.3 Å². The molecule has 1 amide bonds. The molecule has 1 N–H and O–H groups in total. The van der Waals surface area contributed by atoms with Crippen LogP contribution in [-0.4, -0.2) is 16.9 Å². The first-order valence-corrected chi connectivity index (χ1v) is 8.30. The molecule has 0 aromatic heterocycles. The normalized spacial score (nSPS) is 15.7. The second-order valence-corrected chi connectivity index (χ2v) is 7.05. The van der Waals surface area contributed by atoms with Crippen molar-refractivity contribution in [3.63, 3.8) is 0 Å². The first-order valence-electron chi connectivity index (χ1n) is 6.12. The molecule has 1 aliphatic carbocycles. The van der Waals surface area contributed by atoms with E-state index in [9.17, 15) is 4.79 Å². The van der Waals surface area contributed by atoms with Gasteiger partial charge in [0.25, 0.3) is 0 Å². The Labute approximate surface area is 132 Å². The van der Waals surface area contributed by atoms with Gasteiger partial charge in [0.1, 0.15) is 0 Å². The predicted molar refractivity (Wildman–Crippen MR) is 84.8 cm³/mol. The van der Waals surface area contributed by atoms with E-state index in [0.29, 0.717) is 31.8 Å². The first-order chi connectivity index (χ1) is 9.06. The molecular weight excluding hydrogens is 325 g/mol. The summed E-state index contributed by atoms with van der Waals surface area (Å²) in [5, 5.41) is 4.53. The fourth-order valence-electron chi connectivity index (χ4n) is 2.09. The fourth-order valence-corrected chi connectivity index (χ4v) is 4.12. The lowest BCUT2D eigenvalue weighted by Crippen LogP contribution is -2.16. The molecule has 0 heterocycles. The van der Waals surface area contributed by atoms with Crippen molar-refractivity contribution in [3.8, 4) is 0 Å². The lowest BCUT2D eigenvalue weighted by molar-refractivity contribution is -0.113. The van der Waals surface area contributed by atoms with E-state index in [1.54, 1.807) is 23.9 Å². The molecule has 1 aromatic rings. The number of hydrogen-bond acceptors (Lipinski definition) is 2. The number of halogens is 3. The number of benzene rings is 1. The smallest absolute Gasteiger partial charge is 0.234 e. The molecular formula is C13H14Cl3NOS. The van der Waals surface area contributed by atoms with Gasteiger partial charge in [-0.3, -0.25) is 4.79 Å². The highest BCUT2D eigenvalue weighted by Gasteiger charge is 2.17. The Hall–Kier alpha value is -0.0900. The third-order valence-corrected chi connectivity index (χ3v) is 5.21. The monoisotopic (exact) mass is 337 g/mol. The minimum absolute atomic E-state index is 0.0805. The van der Waals surface area contributed by atoms with Crippen molar-refractivity contribution in [2.24, 2.45) is 0 Å². The molecule has 0 aliphatic heterocycles.